The number of nitriles is 2. The van der Waals surface area contributed by atoms with Crippen molar-refractivity contribution in [3.05, 3.63) is 162 Å². The molecule has 6 aromatic rings. The lowest BCUT2D eigenvalue weighted by Gasteiger charge is -2.18. The van der Waals surface area contributed by atoms with Crippen LogP contribution in [0.5, 0.6) is 23.0 Å². The molecule has 4 aromatic carbocycles. The number of aromatic nitrogens is 2. The molecule has 0 amide bonds. The monoisotopic (exact) mass is 935 g/mol. The van der Waals surface area contributed by atoms with Gasteiger partial charge in [0, 0.05) is 83.3 Å². The van der Waals surface area contributed by atoms with E-state index in [0.717, 1.165) is 61.0 Å². The largest absolute Gasteiger partial charge is 0.488 e. The quantitative estimate of drug-likeness (QED) is 0.0589. The van der Waals surface area contributed by atoms with E-state index in [4.69, 9.17) is 42.1 Å². The van der Waals surface area contributed by atoms with Crippen molar-refractivity contribution in [2.45, 2.75) is 59.2 Å². The van der Waals surface area contributed by atoms with Crippen LogP contribution in [0.2, 0.25) is 10.0 Å². The summed E-state index contributed by atoms with van der Waals surface area (Å²) in [6.07, 6.45) is 8.37. The molecule has 0 aliphatic rings. The van der Waals surface area contributed by atoms with Crippen LogP contribution >= 0.6 is 39.1 Å². The number of aliphatic hydroxyl groups excluding tert-OH is 2. The second-order valence-corrected chi connectivity index (χ2v) is 15.9. The first-order valence-corrected chi connectivity index (χ1v) is 21.4. The third-order valence-corrected chi connectivity index (χ3v) is 11.4. The van der Waals surface area contributed by atoms with Gasteiger partial charge in [-0.2, -0.15) is 10.5 Å². The topological polar surface area (TPSA) is 163 Å². The van der Waals surface area contributed by atoms with Crippen LogP contribution in [0, 0.1) is 29.6 Å². The second kappa shape index (κ2) is 22.9. The van der Waals surface area contributed by atoms with Gasteiger partial charge in [0.1, 0.15) is 61.6 Å². The van der Waals surface area contributed by atoms with Crippen LogP contribution in [0.25, 0.3) is 11.1 Å². The summed E-state index contributed by atoms with van der Waals surface area (Å²) in [5.41, 5.74) is 8.90. The van der Waals surface area contributed by atoms with E-state index in [-0.39, 0.29) is 39.6 Å². The number of aryl methyl sites for hydroxylation is 1. The van der Waals surface area contributed by atoms with Gasteiger partial charge in [-0.15, -0.1) is 0 Å². The van der Waals surface area contributed by atoms with E-state index < -0.39 is 0 Å². The number of benzene rings is 4. The van der Waals surface area contributed by atoms with Crippen molar-refractivity contribution in [3.8, 4) is 46.3 Å². The molecular weight excluding hydrogens is 893 g/mol. The molecule has 0 aliphatic carbocycles. The first kappa shape index (κ1) is 45.8. The van der Waals surface area contributed by atoms with Gasteiger partial charge in [0.15, 0.2) is 0 Å². The van der Waals surface area contributed by atoms with Gasteiger partial charge in [-0.05, 0) is 94.2 Å². The highest BCUT2D eigenvalue weighted by Gasteiger charge is 2.17. The number of rotatable bonds is 21. The smallest absolute Gasteiger partial charge is 0.142 e. The van der Waals surface area contributed by atoms with Gasteiger partial charge in [0.05, 0.1) is 27.8 Å². The van der Waals surface area contributed by atoms with Crippen LogP contribution in [-0.2, 0) is 39.4 Å². The minimum atomic E-state index is -0.0137. The maximum atomic E-state index is 9.37. The molecule has 0 saturated heterocycles. The molecule has 3 N–H and O–H groups in total. The number of hydrogen-bond donors (Lipinski definition) is 3. The number of unbranched alkanes of at least 4 members (excludes halogenated alkanes) is 1. The number of nitrogens with zero attached hydrogens (tertiary/aromatic N) is 4. The van der Waals surface area contributed by atoms with Gasteiger partial charge in [0.25, 0.3) is 0 Å². The summed E-state index contributed by atoms with van der Waals surface area (Å²) in [6, 6.07) is 26.9. The molecule has 2 aromatic heterocycles. The predicted octanol–water partition coefficient (Wildman–Crippen LogP) is 9.98. The third-order valence-electron chi connectivity index (χ3n) is 9.91. The van der Waals surface area contributed by atoms with E-state index in [1.165, 1.54) is 12.4 Å². The Kier molecular flexibility index (Phi) is 17.0. The minimum absolute atomic E-state index is 0.0137. The van der Waals surface area contributed by atoms with E-state index >= 15 is 0 Å². The summed E-state index contributed by atoms with van der Waals surface area (Å²) in [6.45, 7) is 3.76. The summed E-state index contributed by atoms with van der Waals surface area (Å²) in [5.74, 6) is 2.04. The van der Waals surface area contributed by atoms with Crippen molar-refractivity contribution in [1.82, 2.24) is 15.3 Å². The molecular formula is C48H44BrCl2N5O6. The molecule has 14 heteroatoms. The summed E-state index contributed by atoms with van der Waals surface area (Å²) in [7, 11) is 0. The van der Waals surface area contributed by atoms with E-state index in [1.807, 2.05) is 36.4 Å². The van der Waals surface area contributed by atoms with Crippen LogP contribution in [0.1, 0.15) is 62.9 Å². The van der Waals surface area contributed by atoms with Crippen molar-refractivity contribution in [2.75, 3.05) is 19.8 Å². The van der Waals surface area contributed by atoms with Crippen molar-refractivity contribution in [3.63, 3.8) is 0 Å². The van der Waals surface area contributed by atoms with Crippen LogP contribution in [-0.4, -0.2) is 39.9 Å². The third kappa shape index (κ3) is 12.2. The molecule has 0 saturated carbocycles. The standard InChI is InChI=1S/C48H44BrCl2N5O6/c1-31-37(29-61-47-19-45(39(17-43(47)51)26-54-11-13-58)60-28-35-15-33(21-53)23-56-25-35)7-4-9-40(31)41-10-5-8-38(48(41)49)30-62-46-18-44(36(16-42(46)50)6-2-3-12-57)59-27-34-14-32(20-52)22-55-24-34/h4-5,7-10,14-19,22-25,54,57-58H,2-3,6,11-13,26-30H2,1H3. The maximum absolute atomic E-state index is 9.37. The number of pyridine rings is 2. The predicted molar refractivity (Wildman–Crippen MR) is 241 cm³/mol. The Bertz CT molecular complexity index is 2400. The van der Waals surface area contributed by atoms with Gasteiger partial charge in [0.2, 0.25) is 0 Å². The zero-order chi connectivity index (χ0) is 43.8. The molecule has 62 heavy (non-hydrogen) atoms. The van der Waals surface area contributed by atoms with Crippen LogP contribution in [0.4, 0.5) is 0 Å². The Morgan fingerprint density at radius 1 is 0.629 bits per heavy atom. The molecule has 11 nitrogen and oxygen atoms in total. The van der Waals surface area contributed by atoms with E-state index in [9.17, 15) is 20.7 Å². The highest BCUT2D eigenvalue weighted by molar-refractivity contribution is 9.10. The van der Waals surface area contributed by atoms with Crippen molar-refractivity contribution >= 4 is 39.1 Å². The van der Waals surface area contributed by atoms with Crippen molar-refractivity contribution in [2.24, 2.45) is 0 Å². The summed E-state index contributed by atoms with van der Waals surface area (Å²) in [5, 5.41) is 41.3. The average Bonchev–Trinajstić information content (AvgIpc) is 3.29. The van der Waals surface area contributed by atoms with Gasteiger partial charge >= 0.3 is 0 Å². The van der Waals surface area contributed by atoms with Crippen LogP contribution < -0.4 is 24.3 Å². The Morgan fingerprint density at radius 2 is 1.18 bits per heavy atom. The average molecular weight is 938 g/mol. The second-order valence-electron chi connectivity index (χ2n) is 14.3. The molecule has 0 aliphatic heterocycles. The number of hydrogen-bond acceptors (Lipinski definition) is 11. The fourth-order valence-corrected chi connectivity index (χ4v) is 7.70. The molecule has 0 unspecified atom stereocenters. The lowest BCUT2D eigenvalue weighted by atomic mass is 9.95. The Balaban J connectivity index is 1.18. The minimum Gasteiger partial charge on any atom is -0.488 e. The molecule has 2 heterocycles. The number of aliphatic hydroxyl groups is 2. The molecule has 0 spiro atoms. The zero-order valence-electron chi connectivity index (χ0n) is 34.0. The van der Waals surface area contributed by atoms with E-state index in [1.54, 1.807) is 42.7 Å². The first-order chi connectivity index (χ1) is 30.2. The van der Waals surface area contributed by atoms with Crippen molar-refractivity contribution < 1.29 is 29.2 Å². The van der Waals surface area contributed by atoms with Crippen LogP contribution in [0.3, 0.4) is 0 Å². The first-order valence-electron chi connectivity index (χ1n) is 19.8. The molecule has 6 rings (SSSR count). The van der Waals surface area contributed by atoms with Gasteiger partial charge in [-0.1, -0.05) is 59.6 Å². The SMILES string of the molecule is Cc1c(COc2cc(OCc3cncc(C#N)c3)c(CNCCO)cc2Cl)cccc1-c1cccc(COc2cc(OCc3cncc(C#N)c3)c(CCCCO)cc2Cl)c1Br. The fourth-order valence-electron chi connectivity index (χ4n) is 6.62. The van der Waals surface area contributed by atoms with Crippen molar-refractivity contribution in [1.29, 1.82) is 10.5 Å². The Morgan fingerprint density at radius 3 is 1.77 bits per heavy atom. The number of ether oxygens (including phenoxy) is 4. The maximum Gasteiger partial charge on any atom is 0.142 e. The van der Waals surface area contributed by atoms with Crippen LogP contribution in [0.15, 0.2) is 102 Å². The normalized spacial score (nSPS) is 10.8. The molecule has 0 atom stereocenters. The lowest BCUT2D eigenvalue weighted by molar-refractivity contribution is 0.280. The zero-order valence-corrected chi connectivity index (χ0v) is 37.1. The lowest BCUT2D eigenvalue weighted by Crippen LogP contribution is -2.18. The number of halogens is 3. The van der Waals surface area contributed by atoms with Gasteiger partial charge in [-0.25, -0.2) is 0 Å². The summed E-state index contributed by atoms with van der Waals surface area (Å²) < 4.78 is 26.0. The molecule has 0 fully saturated rings. The molecule has 0 radical (unpaired) electrons. The highest BCUT2D eigenvalue weighted by atomic mass is 79.9. The van der Waals surface area contributed by atoms with Gasteiger partial charge < -0.3 is 34.5 Å². The highest BCUT2D eigenvalue weighted by Crippen LogP contribution is 2.39. The molecule has 318 valence electrons. The Labute approximate surface area is 379 Å². The van der Waals surface area contributed by atoms with Gasteiger partial charge in [-0.3, -0.25) is 9.97 Å². The fraction of sp³-hybridized carbons (Fsp3) is 0.250. The Hall–Kier alpha value is -5.70. The van der Waals surface area contributed by atoms with E-state index in [0.29, 0.717) is 70.1 Å². The number of nitrogens with one attached hydrogen (secondary N) is 1. The summed E-state index contributed by atoms with van der Waals surface area (Å²) >= 11 is 17.4. The molecule has 0 bridgehead atoms. The summed E-state index contributed by atoms with van der Waals surface area (Å²) in [4.78, 5) is 8.27. The van der Waals surface area contributed by atoms with E-state index in [2.05, 4.69) is 56.3 Å².